The summed E-state index contributed by atoms with van der Waals surface area (Å²) < 4.78 is 368. The first-order chi connectivity index (χ1) is 32.5. The first-order valence-corrected chi connectivity index (χ1v) is 19.1. The van der Waals surface area contributed by atoms with Crippen LogP contribution in [0.4, 0.5) is 114 Å². The van der Waals surface area contributed by atoms with E-state index in [1.165, 1.54) is 17.0 Å². The normalized spacial score (nSPS) is 13.5. The number of nitrogens with zero attached hydrogens (tertiary/aromatic N) is 2. The van der Waals surface area contributed by atoms with Gasteiger partial charge in [-0.1, -0.05) is 78.9 Å². The van der Waals surface area contributed by atoms with Gasteiger partial charge in [0.1, 0.15) is 6.15 Å². The maximum Gasteiger partial charge on any atom is 0.416 e. The third-order valence-electron chi connectivity index (χ3n) is 10.5. The summed E-state index contributed by atoms with van der Waals surface area (Å²) in [5, 5.41) is 0. The molecule has 0 aliphatic carbocycles. The Hall–Kier alpha value is -6.58. The van der Waals surface area contributed by atoms with Gasteiger partial charge in [0.2, 0.25) is 0 Å². The molecule has 388 valence electrons. The standard InChI is InChI=1S/C32H12BF24.C11H9F2N2/c34-25(35,36)13-1-14(26(37,38)39)6-21(5-13)33(22-7-15(27(40,41)42)2-16(8-22)28(43,44)45,23-9-17(29(46,47)48)3-18(10-23)30(49,50)51)24-11-19(31(52,53)54)4-20(12-24)32(55,56)57;12-10-11(13)15(7-6-14-10)8-9-4-2-1-3-5-9/h1-12H;1-7H,8H2/q-1;+1. The monoisotopic (exact) mass is 1070 g/mol. The van der Waals surface area contributed by atoms with Crippen molar-refractivity contribution in [1.29, 1.82) is 0 Å². The summed E-state index contributed by atoms with van der Waals surface area (Å²) in [5.74, 6) is -2.02. The van der Waals surface area contributed by atoms with E-state index < -0.39 is 207 Å². The highest BCUT2D eigenvalue weighted by Crippen LogP contribution is 2.41. The van der Waals surface area contributed by atoms with Gasteiger partial charge >= 0.3 is 61.3 Å². The van der Waals surface area contributed by atoms with Crippen molar-refractivity contribution >= 4 is 28.0 Å². The zero-order valence-corrected chi connectivity index (χ0v) is 34.5. The molecule has 0 bridgehead atoms. The summed E-state index contributed by atoms with van der Waals surface area (Å²) in [7, 11) is 0. The SMILES string of the molecule is FC(F)(F)c1cc([B-](c2cc(C(F)(F)F)cc(C(F)(F)F)c2)(c2cc(C(F)(F)F)cc(C(F)(F)F)c2)c2cc(C(F)(F)F)cc(C(F)(F)F)c2)cc(C(F)(F)F)c1.Fc1ncc[n+](Cc2ccccc2)c1F. The molecule has 0 spiro atoms. The molecular formula is C43H21BF26N2. The fraction of sp³-hybridized carbons (Fsp3) is 0.209. The van der Waals surface area contributed by atoms with Crippen molar-refractivity contribution in [3.63, 3.8) is 0 Å². The molecule has 72 heavy (non-hydrogen) atoms. The number of alkyl halides is 24. The second-order valence-electron chi connectivity index (χ2n) is 15.3. The predicted molar refractivity (Wildman–Crippen MR) is 200 cm³/mol. The van der Waals surface area contributed by atoms with Gasteiger partial charge in [0, 0.05) is 5.56 Å². The molecule has 1 aromatic heterocycles. The van der Waals surface area contributed by atoms with Crippen molar-refractivity contribution < 1.29 is 119 Å². The van der Waals surface area contributed by atoms with Gasteiger partial charge in [0.05, 0.1) is 50.7 Å². The van der Waals surface area contributed by atoms with Gasteiger partial charge in [0.15, 0.2) is 12.7 Å². The molecule has 0 unspecified atom stereocenters. The van der Waals surface area contributed by atoms with Crippen LogP contribution < -0.4 is 26.4 Å². The molecule has 2 nitrogen and oxygen atoms in total. The van der Waals surface area contributed by atoms with Crippen LogP contribution in [0.3, 0.4) is 0 Å². The second kappa shape index (κ2) is 19.1. The van der Waals surface area contributed by atoms with E-state index >= 15 is 0 Å². The van der Waals surface area contributed by atoms with Crippen molar-refractivity contribution in [1.82, 2.24) is 4.98 Å². The van der Waals surface area contributed by atoms with Crippen LogP contribution in [-0.2, 0) is 56.0 Å². The number of benzene rings is 5. The molecule has 0 fully saturated rings. The number of rotatable bonds is 6. The lowest BCUT2D eigenvalue weighted by Crippen LogP contribution is -2.75. The van der Waals surface area contributed by atoms with Crippen molar-refractivity contribution in [2.75, 3.05) is 0 Å². The van der Waals surface area contributed by atoms with E-state index in [9.17, 15) is 114 Å². The number of hydrogen-bond acceptors (Lipinski definition) is 1. The third-order valence-corrected chi connectivity index (χ3v) is 10.5. The molecule has 0 saturated heterocycles. The van der Waals surface area contributed by atoms with Crippen LogP contribution in [0.25, 0.3) is 0 Å². The maximum atomic E-state index is 14.2. The topological polar surface area (TPSA) is 16.8 Å². The van der Waals surface area contributed by atoms with Crippen LogP contribution in [-0.4, -0.2) is 11.1 Å². The average Bonchev–Trinajstić information content (AvgIpc) is 3.23. The molecule has 0 N–H and O–H groups in total. The van der Waals surface area contributed by atoms with E-state index in [4.69, 9.17) is 0 Å². The number of hydrogen-bond donors (Lipinski definition) is 0. The first kappa shape index (κ1) is 56.3. The van der Waals surface area contributed by atoms with Crippen LogP contribution in [0.15, 0.2) is 116 Å². The molecular weight excluding hydrogens is 1050 g/mol. The smallest absolute Gasteiger partial charge is 0.214 e. The Morgan fingerprint density at radius 2 is 0.583 bits per heavy atom. The van der Waals surface area contributed by atoms with Crippen molar-refractivity contribution in [3.8, 4) is 0 Å². The quantitative estimate of drug-likeness (QED) is 0.0923. The molecule has 5 aromatic carbocycles. The fourth-order valence-electron chi connectivity index (χ4n) is 7.39. The summed E-state index contributed by atoms with van der Waals surface area (Å²) in [6.07, 6.45) is -52.2. The second-order valence-corrected chi connectivity index (χ2v) is 15.3. The maximum absolute atomic E-state index is 14.2. The van der Waals surface area contributed by atoms with E-state index in [1.807, 2.05) is 30.3 Å². The van der Waals surface area contributed by atoms with Gasteiger partial charge in [-0.2, -0.15) is 136 Å². The average molecular weight is 1070 g/mol. The molecule has 0 aliphatic rings. The van der Waals surface area contributed by atoms with Gasteiger partial charge in [-0.25, -0.2) is 4.98 Å². The van der Waals surface area contributed by atoms with Gasteiger partial charge < -0.3 is 0 Å². The lowest BCUT2D eigenvalue weighted by molar-refractivity contribution is -0.718. The van der Waals surface area contributed by atoms with Gasteiger partial charge in [-0.05, 0) is 24.3 Å². The molecule has 0 amide bonds. The van der Waals surface area contributed by atoms with E-state index in [2.05, 4.69) is 4.98 Å². The molecule has 6 aromatic rings. The predicted octanol–water partition coefficient (Wildman–Crippen LogP) is 12.9. The highest BCUT2D eigenvalue weighted by molar-refractivity contribution is 7.20. The zero-order chi connectivity index (χ0) is 54.6. The Morgan fingerprint density at radius 1 is 0.347 bits per heavy atom. The van der Waals surface area contributed by atoms with Crippen molar-refractivity contribution in [3.05, 3.63) is 177 Å². The minimum absolute atomic E-state index is 0.298. The summed E-state index contributed by atoms with van der Waals surface area (Å²) in [6, 6.07) is 0.471. The van der Waals surface area contributed by atoms with Crippen LogP contribution >= 0.6 is 0 Å². The van der Waals surface area contributed by atoms with Gasteiger partial charge in [0.25, 0.3) is 0 Å². The highest BCUT2D eigenvalue weighted by Gasteiger charge is 2.47. The molecule has 6 rings (SSSR count). The van der Waals surface area contributed by atoms with Crippen LogP contribution in [0.2, 0.25) is 0 Å². The fourth-order valence-corrected chi connectivity index (χ4v) is 7.39. The zero-order valence-electron chi connectivity index (χ0n) is 34.5. The Kier molecular flexibility index (Phi) is 15.0. The van der Waals surface area contributed by atoms with E-state index in [-0.39, 0.29) is 0 Å². The van der Waals surface area contributed by atoms with Gasteiger partial charge in [-0.3, -0.25) is 0 Å². The largest absolute Gasteiger partial charge is 0.416 e. The molecule has 1 heterocycles. The molecule has 0 saturated carbocycles. The summed E-state index contributed by atoms with van der Waals surface area (Å²) in [5.41, 5.74) is -29.3. The Balaban J connectivity index is 0.000000542. The van der Waals surface area contributed by atoms with Crippen molar-refractivity contribution in [2.45, 2.75) is 56.0 Å². The van der Waals surface area contributed by atoms with E-state index in [0.29, 0.717) is 6.54 Å². The third kappa shape index (κ3) is 12.7. The van der Waals surface area contributed by atoms with E-state index in [1.54, 1.807) is 0 Å². The van der Waals surface area contributed by atoms with E-state index in [0.717, 1.165) is 5.56 Å². The lowest BCUT2D eigenvalue weighted by Gasteiger charge is -2.46. The molecule has 0 aliphatic heterocycles. The molecule has 0 atom stereocenters. The minimum atomic E-state index is -6.13. The van der Waals surface area contributed by atoms with Crippen LogP contribution in [0.1, 0.15) is 50.1 Å². The van der Waals surface area contributed by atoms with Gasteiger partial charge in [-0.15, -0.1) is 4.39 Å². The minimum Gasteiger partial charge on any atom is -0.214 e. The van der Waals surface area contributed by atoms with Crippen LogP contribution in [0, 0.1) is 11.9 Å². The van der Waals surface area contributed by atoms with Crippen LogP contribution in [0.5, 0.6) is 0 Å². The lowest BCUT2D eigenvalue weighted by atomic mass is 9.12. The number of halogens is 26. The first-order valence-electron chi connectivity index (χ1n) is 19.1. The molecule has 0 radical (unpaired) electrons. The summed E-state index contributed by atoms with van der Waals surface area (Å²) >= 11 is 0. The Bertz CT molecular complexity index is 2470. The summed E-state index contributed by atoms with van der Waals surface area (Å²) in [6.45, 7) is 0.298. The number of aromatic nitrogens is 2. The summed E-state index contributed by atoms with van der Waals surface area (Å²) in [4.78, 5) is 3.22. The Morgan fingerprint density at radius 3 is 0.806 bits per heavy atom. The highest BCUT2D eigenvalue weighted by atomic mass is 19.4. The van der Waals surface area contributed by atoms with Crippen molar-refractivity contribution in [2.24, 2.45) is 0 Å². The molecule has 29 heteroatoms. The Labute approximate surface area is 385 Å².